The van der Waals surface area contributed by atoms with E-state index in [1.807, 2.05) is 0 Å². The van der Waals surface area contributed by atoms with Crippen molar-refractivity contribution >= 4 is 34.8 Å². The molecule has 0 aliphatic carbocycles. The molecule has 1 aromatic heterocycles. The predicted molar refractivity (Wildman–Crippen MR) is 51.7 cm³/mol. The highest BCUT2D eigenvalue weighted by molar-refractivity contribution is 6.36. The second kappa shape index (κ2) is 4.16. The molecule has 0 bridgehead atoms. The topological polar surface area (TPSA) is 44.2 Å². The number of halogens is 3. The summed E-state index contributed by atoms with van der Waals surface area (Å²) in [6, 6.07) is 0. The van der Waals surface area contributed by atoms with Crippen molar-refractivity contribution in [1.82, 2.24) is 9.97 Å². The highest BCUT2D eigenvalue weighted by Crippen LogP contribution is 2.33. The minimum atomic E-state index is -0.590. The molecule has 76 valence electrons. The van der Waals surface area contributed by atoms with Gasteiger partial charge < -0.3 is 9.47 Å². The lowest BCUT2D eigenvalue weighted by Gasteiger charge is -2.11. The van der Waals surface area contributed by atoms with Gasteiger partial charge >= 0.3 is 0 Å². The quantitative estimate of drug-likeness (QED) is 0.571. The van der Waals surface area contributed by atoms with E-state index < -0.39 is 6.29 Å². The van der Waals surface area contributed by atoms with Crippen LogP contribution < -0.4 is 0 Å². The Morgan fingerprint density at radius 1 is 1.00 bits per heavy atom. The third-order valence-corrected chi connectivity index (χ3v) is 2.43. The molecule has 1 aliphatic rings. The molecule has 4 nitrogen and oxygen atoms in total. The maximum absolute atomic E-state index is 5.83. The van der Waals surface area contributed by atoms with Crippen LogP contribution in [0.15, 0.2) is 0 Å². The Morgan fingerprint density at radius 3 is 2.00 bits per heavy atom. The zero-order valence-corrected chi connectivity index (χ0v) is 9.10. The van der Waals surface area contributed by atoms with E-state index in [1.165, 1.54) is 0 Å². The Balaban J connectivity index is 2.40. The fraction of sp³-hybridized carbons (Fsp3) is 0.429. The van der Waals surface area contributed by atoms with Gasteiger partial charge in [-0.05, 0) is 11.6 Å². The van der Waals surface area contributed by atoms with Gasteiger partial charge in [0.05, 0.1) is 18.8 Å². The van der Waals surface area contributed by atoms with E-state index >= 15 is 0 Å². The van der Waals surface area contributed by atoms with Crippen LogP contribution in [0.25, 0.3) is 0 Å². The van der Waals surface area contributed by atoms with E-state index in [-0.39, 0.29) is 15.6 Å². The van der Waals surface area contributed by atoms with Crippen LogP contribution in [-0.2, 0) is 9.47 Å². The summed E-state index contributed by atoms with van der Waals surface area (Å²) < 4.78 is 10.5. The molecule has 14 heavy (non-hydrogen) atoms. The van der Waals surface area contributed by atoms with Crippen LogP contribution in [-0.4, -0.2) is 23.2 Å². The molecular formula is C7H5Cl3N2O2. The van der Waals surface area contributed by atoms with Gasteiger partial charge in [-0.25, -0.2) is 9.97 Å². The summed E-state index contributed by atoms with van der Waals surface area (Å²) in [7, 11) is 0. The summed E-state index contributed by atoms with van der Waals surface area (Å²) in [5.74, 6) is 0. The molecule has 0 spiro atoms. The van der Waals surface area contributed by atoms with Gasteiger partial charge in [0, 0.05) is 0 Å². The second-order valence-corrected chi connectivity index (χ2v) is 3.62. The van der Waals surface area contributed by atoms with Gasteiger partial charge in [0.15, 0.2) is 6.29 Å². The third-order valence-electron chi connectivity index (χ3n) is 1.68. The standard InChI is InChI=1S/C7H5Cl3N2O2/c8-4-3(6-13-1-2-14-6)5(9)12-7(10)11-4/h6H,1-2H2. The lowest BCUT2D eigenvalue weighted by Crippen LogP contribution is -2.03. The first-order valence-electron chi connectivity index (χ1n) is 3.80. The Morgan fingerprint density at radius 2 is 1.50 bits per heavy atom. The molecule has 0 radical (unpaired) electrons. The zero-order chi connectivity index (χ0) is 10.1. The molecule has 0 N–H and O–H groups in total. The second-order valence-electron chi connectivity index (χ2n) is 2.56. The molecule has 1 aliphatic heterocycles. The summed E-state index contributed by atoms with van der Waals surface area (Å²) in [4.78, 5) is 7.51. The lowest BCUT2D eigenvalue weighted by molar-refractivity contribution is -0.0444. The first kappa shape index (κ1) is 10.4. The number of hydrogen-bond acceptors (Lipinski definition) is 4. The minimum Gasteiger partial charge on any atom is -0.346 e. The Hall–Kier alpha value is -0.130. The summed E-state index contributed by atoms with van der Waals surface area (Å²) in [6.45, 7) is 1.000. The molecule has 0 unspecified atom stereocenters. The molecular weight excluding hydrogens is 250 g/mol. The van der Waals surface area contributed by atoms with Crippen LogP contribution in [0.1, 0.15) is 11.9 Å². The summed E-state index contributed by atoms with van der Waals surface area (Å²) in [5.41, 5.74) is 0.426. The van der Waals surface area contributed by atoms with Crippen LogP contribution in [0.4, 0.5) is 0 Å². The maximum Gasteiger partial charge on any atom is 0.225 e. The van der Waals surface area contributed by atoms with Gasteiger partial charge in [-0.3, -0.25) is 0 Å². The van der Waals surface area contributed by atoms with E-state index in [1.54, 1.807) is 0 Å². The van der Waals surface area contributed by atoms with E-state index in [4.69, 9.17) is 44.3 Å². The van der Waals surface area contributed by atoms with Crippen molar-refractivity contribution in [3.05, 3.63) is 21.2 Å². The number of aromatic nitrogens is 2. The van der Waals surface area contributed by atoms with Crippen LogP contribution in [0.3, 0.4) is 0 Å². The summed E-state index contributed by atoms with van der Waals surface area (Å²) in [5, 5.41) is 0.311. The number of rotatable bonds is 1. The summed E-state index contributed by atoms with van der Waals surface area (Å²) in [6.07, 6.45) is -0.590. The van der Waals surface area contributed by atoms with E-state index in [9.17, 15) is 0 Å². The van der Waals surface area contributed by atoms with Crippen molar-refractivity contribution in [3.8, 4) is 0 Å². The molecule has 1 fully saturated rings. The van der Waals surface area contributed by atoms with Crippen molar-refractivity contribution in [3.63, 3.8) is 0 Å². The van der Waals surface area contributed by atoms with E-state index in [0.29, 0.717) is 18.8 Å². The highest BCUT2D eigenvalue weighted by Gasteiger charge is 2.25. The van der Waals surface area contributed by atoms with Crippen molar-refractivity contribution < 1.29 is 9.47 Å². The number of hydrogen-bond donors (Lipinski definition) is 0. The zero-order valence-electron chi connectivity index (χ0n) is 6.84. The molecule has 2 rings (SSSR count). The SMILES string of the molecule is Clc1nc(Cl)c(C2OCCO2)c(Cl)n1. The van der Waals surface area contributed by atoms with Gasteiger partial charge in [0.25, 0.3) is 0 Å². The van der Waals surface area contributed by atoms with Gasteiger partial charge in [0.1, 0.15) is 10.3 Å². The van der Waals surface area contributed by atoms with Crippen LogP contribution in [0.2, 0.25) is 15.6 Å². The van der Waals surface area contributed by atoms with Gasteiger partial charge in [-0.15, -0.1) is 0 Å². The van der Waals surface area contributed by atoms with Gasteiger partial charge in [-0.2, -0.15) is 0 Å². The minimum absolute atomic E-state index is 0.00162. The first-order chi connectivity index (χ1) is 6.68. The lowest BCUT2D eigenvalue weighted by atomic mass is 10.3. The predicted octanol–water partition coefficient (Wildman–Crippen LogP) is 2.48. The summed E-state index contributed by atoms with van der Waals surface area (Å²) >= 11 is 17.2. The molecule has 0 atom stereocenters. The monoisotopic (exact) mass is 254 g/mol. The van der Waals surface area contributed by atoms with Crippen molar-refractivity contribution in [2.75, 3.05) is 13.2 Å². The Labute approximate surface area is 95.1 Å². The molecule has 2 heterocycles. The van der Waals surface area contributed by atoms with E-state index in [0.717, 1.165) is 0 Å². The van der Waals surface area contributed by atoms with Crippen LogP contribution in [0.5, 0.6) is 0 Å². The molecule has 0 saturated carbocycles. The van der Waals surface area contributed by atoms with Crippen LogP contribution >= 0.6 is 34.8 Å². The average molecular weight is 255 g/mol. The van der Waals surface area contributed by atoms with Crippen LogP contribution in [0, 0.1) is 0 Å². The number of nitrogens with zero attached hydrogens (tertiary/aromatic N) is 2. The molecule has 1 aromatic rings. The molecule has 7 heteroatoms. The molecule has 0 amide bonds. The van der Waals surface area contributed by atoms with Crippen molar-refractivity contribution in [1.29, 1.82) is 0 Å². The van der Waals surface area contributed by atoms with Crippen molar-refractivity contribution in [2.24, 2.45) is 0 Å². The Kier molecular flexibility index (Phi) is 3.09. The smallest absolute Gasteiger partial charge is 0.225 e. The third kappa shape index (κ3) is 1.94. The normalized spacial score (nSPS) is 17.6. The van der Waals surface area contributed by atoms with Gasteiger partial charge in [-0.1, -0.05) is 23.2 Å². The van der Waals surface area contributed by atoms with E-state index in [2.05, 4.69) is 9.97 Å². The highest BCUT2D eigenvalue weighted by atomic mass is 35.5. The van der Waals surface area contributed by atoms with Gasteiger partial charge in [0.2, 0.25) is 5.28 Å². The largest absolute Gasteiger partial charge is 0.346 e. The average Bonchev–Trinajstić information content (AvgIpc) is 2.54. The number of ether oxygens (including phenoxy) is 2. The fourth-order valence-electron chi connectivity index (χ4n) is 1.11. The molecule has 0 aromatic carbocycles. The Bertz CT molecular complexity index is 332. The van der Waals surface area contributed by atoms with Crippen molar-refractivity contribution in [2.45, 2.75) is 6.29 Å². The first-order valence-corrected chi connectivity index (χ1v) is 4.93. The maximum atomic E-state index is 5.83. The fourth-order valence-corrected chi connectivity index (χ4v) is 1.93. The molecule has 1 saturated heterocycles.